The van der Waals surface area contributed by atoms with Gasteiger partial charge in [0, 0.05) is 24.9 Å². The number of carbonyl (C=O) groups is 2. The van der Waals surface area contributed by atoms with Crippen molar-refractivity contribution < 1.29 is 19.1 Å². The van der Waals surface area contributed by atoms with E-state index >= 15 is 0 Å². The van der Waals surface area contributed by atoms with E-state index < -0.39 is 0 Å². The van der Waals surface area contributed by atoms with E-state index in [9.17, 15) is 9.59 Å². The molecule has 138 valence electrons. The molecule has 0 unspecified atom stereocenters. The molecular formula is C20H22ClNO4. The number of ketones is 1. The first-order valence-electron chi connectivity index (χ1n) is 8.30. The maximum Gasteiger partial charge on any atom is 0.220 e. The van der Waals surface area contributed by atoms with Gasteiger partial charge in [-0.05, 0) is 36.2 Å². The summed E-state index contributed by atoms with van der Waals surface area (Å²) < 4.78 is 10.5. The van der Waals surface area contributed by atoms with Gasteiger partial charge in [-0.2, -0.15) is 0 Å². The first kappa shape index (κ1) is 19.8. The fourth-order valence-corrected chi connectivity index (χ4v) is 2.76. The number of halogens is 1. The molecule has 2 aromatic carbocycles. The maximum absolute atomic E-state index is 12.1. The van der Waals surface area contributed by atoms with E-state index in [1.807, 2.05) is 18.2 Å². The predicted molar refractivity (Wildman–Crippen MR) is 101 cm³/mol. The Labute approximate surface area is 158 Å². The molecule has 1 N–H and O–H groups in total. The molecule has 5 nitrogen and oxygen atoms in total. The van der Waals surface area contributed by atoms with Gasteiger partial charge in [-0.3, -0.25) is 9.59 Å². The van der Waals surface area contributed by atoms with E-state index in [2.05, 4.69) is 5.32 Å². The molecule has 0 radical (unpaired) electrons. The molecule has 2 aromatic rings. The lowest BCUT2D eigenvalue weighted by atomic mass is 10.1. The Balaban J connectivity index is 1.77. The van der Waals surface area contributed by atoms with E-state index in [0.717, 1.165) is 5.56 Å². The molecule has 0 aliphatic heterocycles. The van der Waals surface area contributed by atoms with Crippen molar-refractivity contribution in [1.29, 1.82) is 0 Å². The zero-order valence-corrected chi connectivity index (χ0v) is 15.6. The Morgan fingerprint density at radius 3 is 2.42 bits per heavy atom. The van der Waals surface area contributed by atoms with E-state index in [0.29, 0.717) is 35.1 Å². The minimum Gasteiger partial charge on any atom is -0.493 e. The number of carbonyl (C=O) groups excluding carboxylic acids is 2. The third kappa shape index (κ3) is 5.49. The molecule has 0 aromatic heterocycles. The molecule has 0 aliphatic rings. The predicted octanol–water partition coefficient (Wildman–Crippen LogP) is 3.68. The Kier molecular flexibility index (Phi) is 7.48. The maximum atomic E-state index is 12.1. The van der Waals surface area contributed by atoms with Crippen LogP contribution in [0.4, 0.5) is 0 Å². The number of benzene rings is 2. The molecule has 0 atom stereocenters. The second-order valence-corrected chi connectivity index (χ2v) is 6.10. The summed E-state index contributed by atoms with van der Waals surface area (Å²) in [6.07, 6.45) is 0.923. The van der Waals surface area contributed by atoms with Gasteiger partial charge in [-0.25, -0.2) is 0 Å². The lowest BCUT2D eigenvalue weighted by Gasteiger charge is -2.10. The number of amides is 1. The van der Waals surface area contributed by atoms with Gasteiger partial charge in [0.15, 0.2) is 17.3 Å². The van der Waals surface area contributed by atoms with Crippen molar-refractivity contribution in [2.45, 2.75) is 19.3 Å². The van der Waals surface area contributed by atoms with Gasteiger partial charge in [0.05, 0.1) is 19.2 Å². The van der Waals surface area contributed by atoms with Crippen molar-refractivity contribution in [3.8, 4) is 11.5 Å². The molecule has 2 rings (SSSR count). The van der Waals surface area contributed by atoms with Crippen molar-refractivity contribution in [2.24, 2.45) is 0 Å². The minimum absolute atomic E-state index is 0.131. The van der Waals surface area contributed by atoms with Gasteiger partial charge in [0.1, 0.15) is 0 Å². The van der Waals surface area contributed by atoms with Crippen LogP contribution < -0.4 is 14.8 Å². The summed E-state index contributed by atoms with van der Waals surface area (Å²) in [6.45, 7) is 0.481. The van der Waals surface area contributed by atoms with Crippen LogP contribution in [0.1, 0.15) is 28.8 Å². The van der Waals surface area contributed by atoms with E-state index in [4.69, 9.17) is 21.1 Å². The third-order valence-electron chi connectivity index (χ3n) is 3.94. The average Bonchev–Trinajstić information content (AvgIpc) is 2.66. The summed E-state index contributed by atoms with van der Waals surface area (Å²) in [5.74, 6) is 1.02. The number of nitrogens with one attached hydrogen (secondary N) is 1. The standard InChI is InChI=1S/C20H22ClNO4/c1-25-18-9-7-14(13-19(18)26-2)11-12-22-20(24)10-8-17(23)15-5-3-4-6-16(15)21/h3-7,9,13H,8,10-12H2,1-2H3,(H,22,24). The number of hydrogen-bond donors (Lipinski definition) is 1. The normalized spacial score (nSPS) is 10.3. The average molecular weight is 376 g/mol. The van der Waals surface area contributed by atoms with Gasteiger partial charge in [-0.1, -0.05) is 29.8 Å². The number of hydrogen-bond acceptors (Lipinski definition) is 4. The molecule has 0 spiro atoms. The van der Waals surface area contributed by atoms with E-state index in [-0.39, 0.29) is 24.5 Å². The van der Waals surface area contributed by atoms with Crippen LogP contribution in [0.2, 0.25) is 5.02 Å². The van der Waals surface area contributed by atoms with Gasteiger partial charge < -0.3 is 14.8 Å². The van der Waals surface area contributed by atoms with Crippen LogP contribution in [-0.2, 0) is 11.2 Å². The van der Waals surface area contributed by atoms with E-state index in [1.54, 1.807) is 38.5 Å². The van der Waals surface area contributed by atoms with Crippen LogP contribution in [0.3, 0.4) is 0 Å². The summed E-state index contributed by atoms with van der Waals surface area (Å²) >= 11 is 5.99. The monoisotopic (exact) mass is 375 g/mol. The fraction of sp³-hybridized carbons (Fsp3) is 0.300. The fourth-order valence-electron chi connectivity index (χ4n) is 2.52. The molecule has 0 fully saturated rings. The minimum atomic E-state index is -0.161. The molecule has 0 saturated carbocycles. The van der Waals surface area contributed by atoms with Crippen LogP contribution in [-0.4, -0.2) is 32.5 Å². The number of ether oxygens (including phenoxy) is 2. The number of rotatable bonds is 9. The third-order valence-corrected chi connectivity index (χ3v) is 4.27. The van der Waals surface area contributed by atoms with Crippen LogP contribution in [0.5, 0.6) is 11.5 Å². The van der Waals surface area contributed by atoms with Gasteiger partial charge >= 0.3 is 0 Å². The molecule has 0 aliphatic carbocycles. The first-order chi connectivity index (χ1) is 12.5. The summed E-state index contributed by atoms with van der Waals surface area (Å²) in [7, 11) is 3.17. The van der Waals surface area contributed by atoms with Crippen molar-refractivity contribution in [3.05, 3.63) is 58.6 Å². The molecular weight excluding hydrogens is 354 g/mol. The first-order valence-corrected chi connectivity index (χ1v) is 8.68. The zero-order chi connectivity index (χ0) is 18.9. The lowest BCUT2D eigenvalue weighted by molar-refractivity contribution is -0.121. The smallest absolute Gasteiger partial charge is 0.220 e. The van der Waals surface area contributed by atoms with Crippen molar-refractivity contribution in [2.75, 3.05) is 20.8 Å². The summed E-state index contributed by atoms with van der Waals surface area (Å²) in [5.41, 5.74) is 1.47. The highest BCUT2D eigenvalue weighted by molar-refractivity contribution is 6.34. The summed E-state index contributed by atoms with van der Waals surface area (Å²) in [4.78, 5) is 24.0. The van der Waals surface area contributed by atoms with E-state index in [1.165, 1.54) is 0 Å². The number of Topliss-reactive ketones (excluding diaryl/α,β-unsaturated/α-hetero) is 1. The van der Waals surface area contributed by atoms with Crippen LogP contribution in [0, 0.1) is 0 Å². The quantitative estimate of drug-likeness (QED) is 0.679. The lowest BCUT2D eigenvalue weighted by Crippen LogP contribution is -2.26. The highest BCUT2D eigenvalue weighted by Gasteiger charge is 2.12. The second kappa shape index (κ2) is 9.82. The highest BCUT2D eigenvalue weighted by atomic mass is 35.5. The molecule has 1 amide bonds. The van der Waals surface area contributed by atoms with Crippen LogP contribution >= 0.6 is 11.6 Å². The largest absolute Gasteiger partial charge is 0.493 e. The SMILES string of the molecule is COc1ccc(CCNC(=O)CCC(=O)c2ccccc2Cl)cc1OC. The highest BCUT2D eigenvalue weighted by Crippen LogP contribution is 2.27. The second-order valence-electron chi connectivity index (χ2n) is 5.69. The molecule has 0 saturated heterocycles. The Bertz CT molecular complexity index is 776. The van der Waals surface area contributed by atoms with Crippen molar-refractivity contribution in [3.63, 3.8) is 0 Å². The zero-order valence-electron chi connectivity index (χ0n) is 14.9. The Morgan fingerprint density at radius 1 is 1.00 bits per heavy atom. The van der Waals surface area contributed by atoms with Crippen molar-refractivity contribution >= 4 is 23.3 Å². The topological polar surface area (TPSA) is 64.6 Å². The Morgan fingerprint density at radius 2 is 1.73 bits per heavy atom. The van der Waals surface area contributed by atoms with Gasteiger partial charge in [-0.15, -0.1) is 0 Å². The summed E-state index contributed by atoms with van der Waals surface area (Å²) in [5, 5.41) is 3.23. The van der Waals surface area contributed by atoms with Crippen LogP contribution in [0.25, 0.3) is 0 Å². The Hall–Kier alpha value is -2.53. The molecule has 6 heteroatoms. The van der Waals surface area contributed by atoms with Crippen molar-refractivity contribution in [1.82, 2.24) is 5.32 Å². The molecule has 0 bridgehead atoms. The van der Waals surface area contributed by atoms with Gasteiger partial charge in [0.2, 0.25) is 5.91 Å². The summed E-state index contributed by atoms with van der Waals surface area (Å²) in [6, 6.07) is 12.5. The molecule has 0 heterocycles. The van der Waals surface area contributed by atoms with Crippen LogP contribution in [0.15, 0.2) is 42.5 Å². The number of methoxy groups -OCH3 is 2. The van der Waals surface area contributed by atoms with Gasteiger partial charge in [0.25, 0.3) is 0 Å². The molecule has 26 heavy (non-hydrogen) atoms.